The van der Waals surface area contributed by atoms with E-state index in [9.17, 15) is 9.59 Å². The summed E-state index contributed by atoms with van der Waals surface area (Å²) in [5, 5.41) is 8.37. The molecule has 1 aromatic heterocycles. The highest BCUT2D eigenvalue weighted by molar-refractivity contribution is 6.32. The summed E-state index contributed by atoms with van der Waals surface area (Å²) in [5.41, 5.74) is 1.51. The summed E-state index contributed by atoms with van der Waals surface area (Å²) in [7, 11) is 3.00. The molecule has 1 aliphatic rings. The van der Waals surface area contributed by atoms with Gasteiger partial charge in [0.1, 0.15) is 18.0 Å². The lowest BCUT2D eigenvalue weighted by atomic mass is 10.2. The highest BCUT2D eigenvalue weighted by Crippen LogP contribution is 2.36. The van der Waals surface area contributed by atoms with Crippen molar-refractivity contribution in [3.63, 3.8) is 0 Å². The molecule has 1 N–H and O–H groups in total. The van der Waals surface area contributed by atoms with Gasteiger partial charge in [0.2, 0.25) is 5.91 Å². The molecular weight excluding hydrogens is 420 g/mol. The number of halogens is 1. The van der Waals surface area contributed by atoms with Gasteiger partial charge in [-0.15, -0.1) is 0 Å². The van der Waals surface area contributed by atoms with Crippen LogP contribution in [0.1, 0.15) is 23.3 Å². The minimum Gasteiger partial charge on any atom is -0.495 e. The Morgan fingerprint density at radius 2 is 1.81 bits per heavy atom. The molecule has 1 saturated heterocycles. The molecule has 0 aliphatic carbocycles. The second-order valence-corrected chi connectivity index (χ2v) is 7.67. The van der Waals surface area contributed by atoms with Crippen LogP contribution in [0, 0.1) is 0 Å². The Balaban J connectivity index is 1.60. The Hall–Kier alpha value is -3.26. The molecule has 9 heteroatoms. The summed E-state index contributed by atoms with van der Waals surface area (Å²) in [6.45, 7) is 1.40. The summed E-state index contributed by atoms with van der Waals surface area (Å²) in [5.74, 6) is 0.439. The van der Waals surface area contributed by atoms with Crippen LogP contribution >= 0.6 is 11.6 Å². The van der Waals surface area contributed by atoms with Gasteiger partial charge in [-0.1, -0.05) is 29.8 Å². The van der Waals surface area contributed by atoms with Crippen molar-refractivity contribution in [2.75, 3.05) is 32.6 Å². The van der Waals surface area contributed by atoms with Crippen molar-refractivity contribution in [2.45, 2.75) is 19.4 Å². The maximum Gasteiger partial charge on any atom is 0.275 e. The molecule has 0 unspecified atom stereocenters. The number of methoxy groups -OCH3 is 2. The molecule has 0 atom stereocenters. The molecule has 4 rings (SSSR count). The van der Waals surface area contributed by atoms with Crippen LogP contribution in [-0.4, -0.2) is 53.8 Å². The third kappa shape index (κ3) is 4.16. The molecule has 0 spiro atoms. The Bertz CT molecular complexity index is 1140. The van der Waals surface area contributed by atoms with E-state index >= 15 is 0 Å². The van der Waals surface area contributed by atoms with Crippen LogP contribution in [0.15, 0.2) is 36.4 Å². The van der Waals surface area contributed by atoms with E-state index in [-0.39, 0.29) is 18.4 Å². The van der Waals surface area contributed by atoms with Gasteiger partial charge in [-0.05, 0) is 25.0 Å². The number of amides is 2. The van der Waals surface area contributed by atoms with Gasteiger partial charge < -0.3 is 19.7 Å². The van der Waals surface area contributed by atoms with Crippen LogP contribution in [0.2, 0.25) is 5.02 Å². The predicted molar refractivity (Wildman–Crippen MR) is 118 cm³/mol. The highest BCUT2D eigenvalue weighted by atomic mass is 35.5. The summed E-state index contributed by atoms with van der Waals surface area (Å²) >= 11 is 6.19. The number of para-hydroxylation sites is 1. The van der Waals surface area contributed by atoms with Crippen LogP contribution in [0.3, 0.4) is 0 Å². The number of hydrogen-bond acceptors (Lipinski definition) is 5. The Morgan fingerprint density at radius 1 is 1.10 bits per heavy atom. The van der Waals surface area contributed by atoms with Crippen LogP contribution in [0.4, 0.5) is 5.69 Å². The van der Waals surface area contributed by atoms with Crippen LogP contribution < -0.4 is 14.8 Å². The monoisotopic (exact) mass is 442 g/mol. The predicted octanol–water partition coefficient (Wildman–Crippen LogP) is 3.58. The first-order valence-corrected chi connectivity index (χ1v) is 10.4. The number of anilines is 1. The first-order chi connectivity index (χ1) is 15.0. The van der Waals surface area contributed by atoms with E-state index in [4.69, 9.17) is 21.1 Å². The zero-order chi connectivity index (χ0) is 22.0. The van der Waals surface area contributed by atoms with E-state index in [0.29, 0.717) is 27.9 Å². The molecule has 1 fully saturated rings. The van der Waals surface area contributed by atoms with Gasteiger partial charge in [0.15, 0.2) is 5.69 Å². The lowest BCUT2D eigenvalue weighted by molar-refractivity contribution is -0.116. The maximum atomic E-state index is 12.9. The fourth-order valence-electron chi connectivity index (χ4n) is 3.76. The average molecular weight is 443 g/mol. The standard InChI is InChI=1S/C22H23ClN4O4/c1-30-18-12-19(31-2)16(11-15(18)23)24-20(28)13-27-17-8-4-3-7-14(17)21(25-27)22(29)26-9-5-6-10-26/h3-4,7-8,11-12H,5-6,9-10,13H2,1-2H3,(H,24,28). The molecule has 8 nitrogen and oxygen atoms in total. The quantitative estimate of drug-likeness (QED) is 0.630. The molecule has 162 valence electrons. The van der Waals surface area contributed by atoms with E-state index in [1.54, 1.807) is 16.8 Å². The van der Waals surface area contributed by atoms with Crippen LogP contribution in [-0.2, 0) is 11.3 Å². The van der Waals surface area contributed by atoms with Gasteiger partial charge >= 0.3 is 0 Å². The second-order valence-electron chi connectivity index (χ2n) is 7.26. The number of likely N-dealkylation sites (tertiary alicyclic amines) is 1. The van der Waals surface area contributed by atoms with Crippen LogP contribution in [0.25, 0.3) is 10.9 Å². The van der Waals surface area contributed by atoms with E-state index in [1.165, 1.54) is 14.2 Å². The van der Waals surface area contributed by atoms with Gasteiger partial charge in [-0.3, -0.25) is 14.3 Å². The SMILES string of the molecule is COc1cc(OC)c(NC(=O)Cn2nc(C(=O)N3CCCC3)c3ccccc32)cc1Cl. The summed E-state index contributed by atoms with van der Waals surface area (Å²) in [6, 6.07) is 10.6. The number of fused-ring (bicyclic) bond motifs is 1. The molecule has 0 bridgehead atoms. The van der Waals surface area contributed by atoms with E-state index in [1.807, 2.05) is 29.2 Å². The largest absolute Gasteiger partial charge is 0.495 e. The number of nitrogens with zero attached hydrogens (tertiary/aromatic N) is 3. The topological polar surface area (TPSA) is 85.7 Å². The number of rotatable bonds is 6. The van der Waals surface area contributed by atoms with Crippen molar-refractivity contribution >= 4 is 40.0 Å². The highest BCUT2D eigenvalue weighted by Gasteiger charge is 2.25. The smallest absolute Gasteiger partial charge is 0.275 e. The number of ether oxygens (including phenoxy) is 2. The fraction of sp³-hybridized carbons (Fsp3) is 0.318. The third-order valence-corrected chi connectivity index (χ3v) is 5.59. The van der Waals surface area contributed by atoms with Crippen molar-refractivity contribution in [3.05, 3.63) is 47.1 Å². The molecule has 2 amide bonds. The molecule has 31 heavy (non-hydrogen) atoms. The van der Waals surface area contributed by atoms with E-state index in [2.05, 4.69) is 10.4 Å². The Morgan fingerprint density at radius 3 is 2.52 bits per heavy atom. The summed E-state index contributed by atoms with van der Waals surface area (Å²) in [6.07, 6.45) is 2.00. The number of aromatic nitrogens is 2. The average Bonchev–Trinajstić information content (AvgIpc) is 3.42. The van der Waals surface area contributed by atoms with E-state index in [0.717, 1.165) is 36.8 Å². The number of nitrogens with one attached hydrogen (secondary N) is 1. The van der Waals surface area contributed by atoms with Crippen molar-refractivity contribution in [2.24, 2.45) is 0 Å². The van der Waals surface area contributed by atoms with Gasteiger partial charge in [-0.25, -0.2) is 0 Å². The second kappa shape index (κ2) is 8.85. The molecule has 1 aliphatic heterocycles. The number of carbonyl (C=O) groups is 2. The zero-order valence-electron chi connectivity index (χ0n) is 17.4. The van der Waals surface area contributed by atoms with Crippen LogP contribution in [0.5, 0.6) is 11.5 Å². The first-order valence-electron chi connectivity index (χ1n) is 9.98. The maximum absolute atomic E-state index is 12.9. The Labute approximate surface area is 184 Å². The summed E-state index contributed by atoms with van der Waals surface area (Å²) < 4.78 is 12.1. The van der Waals surface area contributed by atoms with Gasteiger partial charge in [0.05, 0.1) is 30.4 Å². The number of benzene rings is 2. The van der Waals surface area contributed by atoms with Crippen molar-refractivity contribution in [1.29, 1.82) is 0 Å². The molecule has 0 radical (unpaired) electrons. The molecule has 0 saturated carbocycles. The van der Waals surface area contributed by atoms with Gasteiger partial charge in [-0.2, -0.15) is 5.10 Å². The van der Waals surface area contributed by atoms with Gasteiger partial charge in [0, 0.05) is 24.5 Å². The van der Waals surface area contributed by atoms with Crippen molar-refractivity contribution in [1.82, 2.24) is 14.7 Å². The van der Waals surface area contributed by atoms with Gasteiger partial charge in [0.25, 0.3) is 5.91 Å². The molecule has 2 heterocycles. The lowest BCUT2D eigenvalue weighted by Crippen LogP contribution is -2.28. The van der Waals surface area contributed by atoms with Crippen molar-refractivity contribution in [3.8, 4) is 11.5 Å². The lowest BCUT2D eigenvalue weighted by Gasteiger charge is -2.13. The summed E-state index contributed by atoms with van der Waals surface area (Å²) in [4.78, 5) is 27.5. The molecule has 3 aromatic rings. The van der Waals surface area contributed by atoms with Crippen molar-refractivity contribution < 1.29 is 19.1 Å². The molecular formula is C22H23ClN4O4. The van der Waals surface area contributed by atoms with E-state index < -0.39 is 0 Å². The number of carbonyl (C=O) groups excluding carboxylic acids is 2. The first kappa shape index (κ1) is 21.0. The molecule has 2 aromatic carbocycles. The third-order valence-electron chi connectivity index (χ3n) is 5.30. The minimum atomic E-state index is -0.326. The zero-order valence-corrected chi connectivity index (χ0v) is 18.1. The minimum absolute atomic E-state index is 0.0689. The normalized spacial score (nSPS) is 13.5. The fourth-order valence-corrected chi connectivity index (χ4v) is 4.00. The Kier molecular flexibility index (Phi) is 5.99. The number of hydrogen-bond donors (Lipinski definition) is 1.